The first-order valence-electron chi connectivity index (χ1n) is 2.34. The average molecular weight is 167 g/mol. The fourth-order valence-corrected chi connectivity index (χ4v) is 1.57. The molecule has 0 aromatic heterocycles. The molecule has 0 spiro atoms. The first kappa shape index (κ1) is 8.84. The number of thiocarbonyl (C=S) groups is 1. The maximum Gasteiger partial charge on any atom is 0.153 e. The molecule has 3 nitrogen and oxygen atoms in total. The van der Waals surface area contributed by atoms with Crippen LogP contribution in [0.1, 0.15) is 0 Å². The Bertz CT molecular complexity index is 195. The van der Waals surface area contributed by atoms with Crippen LogP contribution in [-0.4, -0.2) is 32.5 Å². The summed E-state index contributed by atoms with van der Waals surface area (Å²) >= 11 is 4.61. The third-order valence-electron chi connectivity index (χ3n) is 0.672. The summed E-state index contributed by atoms with van der Waals surface area (Å²) in [4.78, 5) is 0.359. The van der Waals surface area contributed by atoms with Gasteiger partial charge < -0.3 is 5.32 Å². The zero-order valence-corrected chi connectivity index (χ0v) is 6.97. The van der Waals surface area contributed by atoms with Gasteiger partial charge in [0.15, 0.2) is 9.84 Å². The Balaban J connectivity index is 3.91. The van der Waals surface area contributed by atoms with Crippen molar-refractivity contribution in [2.45, 2.75) is 0 Å². The number of hydrogen-bond donors (Lipinski definition) is 1. The van der Waals surface area contributed by atoms with Gasteiger partial charge in [0.1, 0.15) is 5.75 Å². The molecule has 0 aliphatic heterocycles. The van der Waals surface area contributed by atoms with Crippen LogP contribution in [0, 0.1) is 0 Å². The zero-order valence-electron chi connectivity index (χ0n) is 5.34. The molecule has 0 saturated heterocycles. The topological polar surface area (TPSA) is 46.2 Å². The van der Waals surface area contributed by atoms with Crippen molar-refractivity contribution < 1.29 is 8.42 Å². The molecule has 1 N–H and O–H groups in total. The summed E-state index contributed by atoms with van der Waals surface area (Å²) in [5.41, 5.74) is 0. The van der Waals surface area contributed by atoms with E-state index in [1.165, 1.54) is 0 Å². The first-order chi connectivity index (χ1) is 3.95. The number of sulfone groups is 1. The van der Waals surface area contributed by atoms with Gasteiger partial charge in [-0.05, 0) is 0 Å². The van der Waals surface area contributed by atoms with Crippen LogP contribution in [-0.2, 0) is 9.84 Å². The number of hydrogen-bond acceptors (Lipinski definition) is 3. The molecular weight excluding hydrogens is 158 g/mol. The van der Waals surface area contributed by atoms with Crippen molar-refractivity contribution in [3.8, 4) is 0 Å². The van der Waals surface area contributed by atoms with E-state index >= 15 is 0 Å². The Morgan fingerprint density at radius 2 is 2.11 bits per heavy atom. The minimum atomic E-state index is -2.94. The second kappa shape index (κ2) is 3.12. The summed E-state index contributed by atoms with van der Waals surface area (Å²) in [6.07, 6.45) is 1.15. The number of rotatable bonds is 2. The Kier molecular flexibility index (Phi) is 3.07. The first-order valence-corrected chi connectivity index (χ1v) is 4.81. The summed E-state index contributed by atoms with van der Waals surface area (Å²) in [6.45, 7) is 0. The molecule has 0 fully saturated rings. The van der Waals surface area contributed by atoms with E-state index in [2.05, 4.69) is 17.5 Å². The van der Waals surface area contributed by atoms with E-state index < -0.39 is 9.84 Å². The van der Waals surface area contributed by atoms with Gasteiger partial charge in [-0.2, -0.15) is 0 Å². The standard InChI is InChI=1S/C4H9NO2S2/c1-5-4(8)3-9(2,6)7/h3H2,1-2H3,(H,5,8). The Labute approximate surface area is 60.4 Å². The fraction of sp³-hybridized carbons (Fsp3) is 0.750. The van der Waals surface area contributed by atoms with Gasteiger partial charge in [0.05, 0.1) is 4.99 Å². The molecule has 0 unspecified atom stereocenters. The highest BCUT2D eigenvalue weighted by Crippen LogP contribution is 1.82. The molecule has 0 amide bonds. The van der Waals surface area contributed by atoms with E-state index in [1.54, 1.807) is 7.05 Å². The van der Waals surface area contributed by atoms with Gasteiger partial charge in [-0.3, -0.25) is 0 Å². The van der Waals surface area contributed by atoms with Crippen molar-refractivity contribution in [2.24, 2.45) is 0 Å². The van der Waals surface area contributed by atoms with Crippen LogP contribution >= 0.6 is 12.2 Å². The molecule has 0 radical (unpaired) electrons. The minimum absolute atomic E-state index is 0.0567. The van der Waals surface area contributed by atoms with Crippen molar-refractivity contribution >= 4 is 27.0 Å². The predicted octanol–water partition coefficient (Wildman–Crippen LogP) is -0.422. The van der Waals surface area contributed by atoms with Gasteiger partial charge in [0.2, 0.25) is 0 Å². The Morgan fingerprint density at radius 1 is 1.67 bits per heavy atom. The largest absolute Gasteiger partial charge is 0.382 e. The van der Waals surface area contributed by atoms with Crippen LogP contribution in [0.25, 0.3) is 0 Å². The minimum Gasteiger partial charge on any atom is -0.382 e. The highest BCUT2D eigenvalue weighted by atomic mass is 32.2. The second-order valence-electron chi connectivity index (χ2n) is 1.74. The molecule has 0 saturated carbocycles. The molecule has 0 aromatic rings. The van der Waals surface area contributed by atoms with E-state index in [0.717, 1.165) is 6.26 Å². The maximum atomic E-state index is 10.5. The third kappa shape index (κ3) is 5.72. The van der Waals surface area contributed by atoms with E-state index in [-0.39, 0.29) is 5.75 Å². The molecule has 0 aromatic carbocycles. The van der Waals surface area contributed by atoms with E-state index in [9.17, 15) is 8.42 Å². The maximum absolute atomic E-state index is 10.5. The summed E-state index contributed by atoms with van der Waals surface area (Å²) < 4.78 is 20.9. The second-order valence-corrected chi connectivity index (χ2v) is 4.38. The van der Waals surface area contributed by atoms with Crippen molar-refractivity contribution in [1.29, 1.82) is 0 Å². The smallest absolute Gasteiger partial charge is 0.153 e. The zero-order chi connectivity index (χ0) is 7.49. The highest BCUT2D eigenvalue weighted by molar-refractivity contribution is 7.93. The monoisotopic (exact) mass is 167 g/mol. The Morgan fingerprint density at radius 3 is 2.22 bits per heavy atom. The van der Waals surface area contributed by atoms with Gasteiger partial charge in [-0.25, -0.2) is 8.42 Å². The van der Waals surface area contributed by atoms with Gasteiger partial charge in [0.25, 0.3) is 0 Å². The van der Waals surface area contributed by atoms with Gasteiger partial charge in [0, 0.05) is 13.3 Å². The SMILES string of the molecule is CNC(=S)CS(C)(=O)=O. The third-order valence-corrected chi connectivity index (χ3v) is 2.02. The molecular formula is C4H9NO2S2. The average Bonchev–Trinajstić information content (AvgIpc) is 1.62. The molecule has 0 aliphatic carbocycles. The lowest BCUT2D eigenvalue weighted by atomic mass is 10.8. The lowest BCUT2D eigenvalue weighted by Crippen LogP contribution is -2.24. The molecule has 0 rings (SSSR count). The molecule has 0 aliphatic rings. The lowest BCUT2D eigenvalue weighted by Gasteiger charge is -1.97. The van der Waals surface area contributed by atoms with Gasteiger partial charge in [-0.15, -0.1) is 0 Å². The highest BCUT2D eigenvalue weighted by Gasteiger charge is 2.03. The Hall–Kier alpha value is -0.160. The molecule has 0 bridgehead atoms. The van der Waals surface area contributed by atoms with Crippen molar-refractivity contribution in [2.75, 3.05) is 19.1 Å². The van der Waals surface area contributed by atoms with Crippen molar-refractivity contribution in [3.05, 3.63) is 0 Å². The molecule has 0 heterocycles. The van der Waals surface area contributed by atoms with E-state index in [4.69, 9.17) is 0 Å². The number of nitrogens with one attached hydrogen (secondary N) is 1. The van der Waals surface area contributed by atoms with Crippen molar-refractivity contribution in [1.82, 2.24) is 5.32 Å². The van der Waals surface area contributed by atoms with Crippen LogP contribution in [0.3, 0.4) is 0 Å². The van der Waals surface area contributed by atoms with Crippen LogP contribution in [0.15, 0.2) is 0 Å². The van der Waals surface area contributed by atoms with Gasteiger partial charge in [-0.1, -0.05) is 12.2 Å². The summed E-state index contributed by atoms with van der Waals surface area (Å²) in [5.74, 6) is -0.0567. The van der Waals surface area contributed by atoms with E-state index in [0.29, 0.717) is 4.99 Å². The lowest BCUT2D eigenvalue weighted by molar-refractivity contribution is 0.605. The molecule has 5 heteroatoms. The van der Waals surface area contributed by atoms with Crippen LogP contribution < -0.4 is 5.32 Å². The summed E-state index contributed by atoms with van der Waals surface area (Å²) in [6, 6.07) is 0. The summed E-state index contributed by atoms with van der Waals surface area (Å²) in [5, 5.41) is 2.57. The van der Waals surface area contributed by atoms with Crippen LogP contribution in [0.5, 0.6) is 0 Å². The predicted molar refractivity (Wildman–Crippen MR) is 41.4 cm³/mol. The molecule has 54 valence electrons. The molecule has 0 atom stereocenters. The van der Waals surface area contributed by atoms with Crippen LogP contribution in [0.4, 0.5) is 0 Å². The fourth-order valence-electron chi connectivity index (χ4n) is 0.310. The van der Waals surface area contributed by atoms with Crippen LogP contribution in [0.2, 0.25) is 0 Å². The van der Waals surface area contributed by atoms with Gasteiger partial charge >= 0.3 is 0 Å². The van der Waals surface area contributed by atoms with Crippen molar-refractivity contribution in [3.63, 3.8) is 0 Å². The molecule has 9 heavy (non-hydrogen) atoms. The van der Waals surface area contributed by atoms with E-state index in [1.807, 2.05) is 0 Å². The normalized spacial score (nSPS) is 10.9. The quantitative estimate of drug-likeness (QED) is 0.567. The summed E-state index contributed by atoms with van der Waals surface area (Å²) in [7, 11) is -1.33.